The molecule has 3 rings (SSSR count). The second-order valence-electron chi connectivity index (χ2n) is 6.31. The predicted octanol–water partition coefficient (Wildman–Crippen LogP) is 4.29. The number of ether oxygens (including phenoxy) is 1. The molecule has 1 amide bonds. The molecule has 1 fully saturated rings. The van der Waals surface area contributed by atoms with Gasteiger partial charge in [-0.2, -0.15) is 0 Å². The van der Waals surface area contributed by atoms with E-state index in [-0.39, 0.29) is 11.8 Å². The standard InChI is InChI=1S/C20H20N2O5/c23-20(24)21-13-11-18(12-14-21)27-17-9-6-15(7-10-17)5-8-16-3-1-2-4-19(16)22(25)26/h1-10,18H,11-14H2,(H,23,24)/b8-5+. The number of para-hydroxylation sites is 1. The van der Waals surface area contributed by atoms with Crippen LogP contribution in [-0.4, -0.2) is 40.2 Å². The number of carbonyl (C=O) groups is 1. The van der Waals surface area contributed by atoms with Gasteiger partial charge in [-0.1, -0.05) is 30.3 Å². The Hall–Kier alpha value is -3.35. The summed E-state index contributed by atoms with van der Waals surface area (Å²) >= 11 is 0. The molecule has 1 N–H and O–H groups in total. The number of likely N-dealkylation sites (tertiary alicyclic amines) is 1. The first kappa shape index (κ1) is 18.4. The molecule has 7 heteroatoms. The summed E-state index contributed by atoms with van der Waals surface area (Å²) in [6.07, 6.45) is 4.00. The number of hydrogen-bond acceptors (Lipinski definition) is 4. The topological polar surface area (TPSA) is 92.9 Å². The van der Waals surface area contributed by atoms with Gasteiger partial charge in [-0.05, 0) is 29.8 Å². The van der Waals surface area contributed by atoms with Gasteiger partial charge in [0.2, 0.25) is 0 Å². The van der Waals surface area contributed by atoms with E-state index >= 15 is 0 Å². The minimum atomic E-state index is -0.886. The Bertz CT molecular complexity index is 840. The van der Waals surface area contributed by atoms with Crippen LogP contribution >= 0.6 is 0 Å². The summed E-state index contributed by atoms with van der Waals surface area (Å²) in [7, 11) is 0. The summed E-state index contributed by atoms with van der Waals surface area (Å²) in [6, 6.07) is 14.1. The molecule has 0 bridgehead atoms. The average molecular weight is 368 g/mol. The second kappa shape index (κ2) is 8.35. The van der Waals surface area contributed by atoms with Gasteiger partial charge >= 0.3 is 6.09 Å². The van der Waals surface area contributed by atoms with Crippen molar-refractivity contribution in [2.24, 2.45) is 0 Å². The Morgan fingerprint density at radius 3 is 2.41 bits per heavy atom. The summed E-state index contributed by atoms with van der Waals surface area (Å²) in [6.45, 7) is 0.966. The van der Waals surface area contributed by atoms with E-state index in [1.54, 1.807) is 24.3 Å². The van der Waals surface area contributed by atoms with Gasteiger partial charge in [-0.15, -0.1) is 0 Å². The fraction of sp³-hybridized carbons (Fsp3) is 0.250. The third kappa shape index (κ3) is 4.84. The summed E-state index contributed by atoms with van der Waals surface area (Å²) in [4.78, 5) is 23.0. The lowest BCUT2D eigenvalue weighted by Gasteiger charge is -2.30. The van der Waals surface area contributed by atoms with Crippen molar-refractivity contribution >= 4 is 23.9 Å². The van der Waals surface area contributed by atoms with E-state index in [1.165, 1.54) is 11.0 Å². The van der Waals surface area contributed by atoms with Gasteiger partial charge in [0.25, 0.3) is 5.69 Å². The van der Waals surface area contributed by atoms with Crippen LogP contribution < -0.4 is 4.74 Å². The third-order valence-electron chi connectivity index (χ3n) is 4.48. The smallest absolute Gasteiger partial charge is 0.407 e. The first-order valence-electron chi connectivity index (χ1n) is 8.69. The number of nitro benzene ring substituents is 1. The van der Waals surface area contributed by atoms with Crippen LogP contribution in [0.3, 0.4) is 0 Å². The summed E-state index contributed by atoms with van der Waals surface area (Å²) in [5.74, 6) is 0.728. The molecule has 2 aromatic carbocycles. The second-order valence-corrected chi connectivity index (χ2v) is 6.31. The van der Waals surface area contributed by atoms with Crippen molar-refractivity contribution in [2.45, 2.75) is 18.9 Å². The number of carboxylic acid groups (broad SMARTS) is 1. The van der Waals surface area contributed by atoms with Crippen molar-refractivity contribution in [1.82, 2.24) is 4.90 Å². The van der Waals surface area contributed by atoms with Crippen molar-refractivity contribution < 1.29 is 19.6 Å². The Balaban J connectivity index is 1.60. The number of piperidine rings is 1. The molecule has 0 spiro atoms. The van der Waals surface area contributed by atoms with Gasteiger partial charge in [0.15, 0.2) is 0 Å². The number of hydrogen-bond donors (Lipinski definition) is 1. The maximum atomic E-state index is 11.0. The number of rotatable bonds is 5. The fourth-order valence-corrected chi connectivity index (χ4v) is 3.00. The van der Waals surface area contributed by atoms with Crippen molar-refractivity contribution in [1.29, 1.82) is 0 Å². The van der Waals surface area contributed by atoms with E-state index in [1.807, 2.05) is 30.3 Å². The van der Waals surface area contributed by atoms with E-state index in [0.717, 1.165) is 11.3 Å². The molecule has 0 aromatic heterocycles. The maximum absolute atomic E-state index is 11.0. The van der Waals surface area contributed by atoms with E-state index in [9.17, 15) is 14.9 Å². The van der Waals surface area contributed by atoms with E-state index in [4.69, 9.17) is 9.84 Å². The molecule has 1 aliphatic heterocycles. The van der Waals surface area contributed by atoms with E-state index in [2.05, 4.69) is 0 Å². The first-order chi connectivity index (χ1) is 13.0. The highest BCUT2D eigenvalue weighted by Gasteiger charge is 2.23. The summed E-state index contributed by atoms with van der Waals surface area (Å²) < 4.78 is 5.92. The van der Waals surface area contributed by atoms with Crippen LogP contribution in [0.25, 0.3) is 12.2 Å². The zero-order chi connectivity index (χ0) is 19.2. The van der Waals surface area contributed by atoms with Crippen molar-refractivity contribution in [2.75, 3.05) is 13.1 Å². The zero-order valence-corrected chi connectivity index (χ0v) is 14.7. The van der Waals surface area contributed by atoms with Crippen LogP contribution in [0, 0.1) is 10.1 Å². The Labute approximate surface area is 156 Å². The lowest BCUT2D eigenvalue weighted by Crippen LogP contribution is -2.41. The molecule has 0 atom stereocenters. The number of nitrogens with zero attached hydrogens (tertiary/aromatic N) is 2. The Morgan fingerprint density at radius 2 is 1.78 bits per heavy atom. The molecule has 0 unspecified atom stereocenters. The van der Waals surface area contributed by atoms with Gasteiger partial charge in [0.05, 0.1) is 10.5 Å². The number of benzene rings is 2. The first-order valence-corrected chi connectivity index (χ1v) is 8.69. The molecule has 27 heavy (non-hydrogen) atoms. The number of nitro groups is 1. The van der Waals surface area contributed by atoms with E-state index < -0.39 is 11.0 Å². The average Bonchev–Trinajstić information content (AvgIpc) is 2.68. The van der Waals surface area contributed by atoms with Crippen molar-refractivity contribution in [3.05, 3.63) is 69.8 Å². The monoisotopic (exact) mass is 368 g/mol. The van der Waals surface area contributed by atoms with Crippen LogP contribution in [0.1, 0.15) is 24.0 Å². The van der Waals surface area contributed by atoms with Crippen molar-refractivity contribution in [3.8, 4) is 5.75 Å². The molecule has 0 saturated carbocycles. The molecule has 140 valence electrons. The Morgan fingerprint density at radius 1 is 1.11 bits per heavy atom. The van der Waals surface area contributed by atoms with Crippen molar-refractivity contribution in [3.63, 3.8) is 0 Å². The quantitative estimate of drug-likeness (QED) is 0.483. The predicted molar refractivity (Wildman–Crippen MR) is 102 cm³/mol. The van der Waals surface area contributed by atoms with Crippen LogP contribution in [0.4, 0.5) is 10.5 Å². The Kier molecular flexibility index (Phi) is 5.71. The molecular weight excluding hydrogens is 348 g/mol. The summed E-state index contributed by atoms with van der Waals surface area (Å²) in [5, 5.41) is 20.0. The summed E-state index contributed by atoms with van der Waals surface area (Å²) in [5.41, 5.74) is 1.52. The van der Waals surface area contributed by atoms with Gasteiger partial charge < -0.3 is 14.7 Å². The lowest BCUT2D eigenvalue weighted by atomic mass is 10.1. The molecule has 1 heterocycles. The normalized spacial score (nSPS) is 15.0. The lowest BCUT2D eigenvalue weighted by molar-refractivity contribution is -0.385. The molecule has 1 aliphatic rings. The minimum Gasteiger partial charge on any atom is -0.490 e. The van der Waals surface area contributed by atoms with Crippen LogP contribution in [-0.2, 0) is 0 Å². The molecule has 7 nitrogen and oxygen atoms in total. The van der Waals surface area contributed by atoms with Gasteiger partial charge in [-0.3, -0.25) is 10.1 Å². The molecule has 2 aromatic rings. The fourth-order valence-electron chi connectivity index (χ4n) is 3.00. The molecule has 0 radical (unpaired) electrons. The SMILES string of the molecule is O=C(O)N1CCC(Oc2ccc(/C=C/c3ccccc3[N+](=O)[O-])cc2)CC1. The van der Waals surface area contributed by atoms with Gasteiger partial charge in [0, 0.05) is 32.0 Å². The van der Waals surface area contributed by atoms with Gasteiger partial charge in [-0.25, -0.2) is 4.79 Å². The number of amides is 1. The van der Waals surface area contributed by atoms with Crippen LogP contribution in [0.2, 0.25) is 0 Å². The largest absolute Gasteiger partial charge is 0.490 e. The highest BCUT2D eigenvalue weighted by molar-refractivity contribution is 5.74. The van der Waals surface area contributed by atoms with Crippen LogP contribution in [0.15, 0.2) is 48.5 Å². The van der Waals surface area contributed by atoms with E-state index in [0.29, 0.717) is 31.5 Å². The molecule has 1 saturated heterocycles. The highest BCUT2D eigenvalue weighted by atomic mass is 16.6. The van der Waals surface area contributed by atoms with Gasteiger partial charge in [0.1, 0.15) is 11.9 Å². The molecular formula is C20H20N2O5. The van der Waals surface area contributed by atoms with Crippen LogP contribution in [0.5, 0.6) is 5.75 Å². The highest BCUT2D eigenvalue weighted by Crippen LogP contribution is 2.22. The third-order valence-corrected chi connectivity index (χ3v) is 4.48. The molecule has 0 aliphatic carbocycles. The minimum absolute atomic E-state index is 0.00830. The zero-order valence-electron chi connectivity index (χ0n) is 14.7. The maximum Gasteiger partial charge on any atom is 0.407 e.